The minimum Gasteiger partial charge on any atom is -0.492 e. The summed E-state index contributed by atoms with van der Waals surface area (Å²) in [7, 11) is 0. The van der Waals surface area contributed by atoms with Crippen molar-refractivity contribution >= 4 is 11.4 Å². The molecule has 0 atom stereocenters. The first-order valence-electron chi connectivity index (χ1n) is 6.55. The molecule has 0 aliphatic heterocycles. The second-order valence-corrected chi connectivity index (χ2v) is 4.64. The average molecular weight is 278 g/mol. The molecule has 2 aromatic carbocycles. The van der Waals surface area contributed by atoms with E-state index in [2.05, 4.69) is 15.3 Å². The molecular formula is C16H14N4O. The lowest BCUT2D eigenvalue weighted by Crippen LogP contribution is -1.94. The largest absolute Gasteiger partial charge is 0.492 e. The molecule has 1 heterocycles. The monoisotopic (exact) mass is 278 g/mol. The second-order valence-electron chi connectivity index (χ2n) is 4.64. The summed E-state index contributed by atoms with van der Waals surface area (Å²) >= 11 is 0. The fraction of sp³-hybridized carbons (Fsp3) is 0.0625. The van der Waals surface area contributed by atoms with E-state index in [4.69, 9.17) is 0 Å². The molecule has 0 aliphatic carbocycles. The minimum absolute atomic E-state index is 0.0291. The molecule has 1 aromatic heterocycles. The van der Waals surface area contributed by atoms with Crippen LogP contribution in [0.5, 0.6) is 5.88 Å². The van der Waals surface area contributed by atoms with Crippen molar-refractivity contribution in [2.75, 3.05) is 0 Å². The zero-order chi connectivity index (χ0) is 14.7. The lowest BCUT2D eigenvalue weighted by molar-refractivity contribution is 0.434. The number of nitrogens with zero attached hydrogens (tertiary/aromatic N) is 4. The van der Waals surface area contributed by atoms with E-state index >= 15 is 0 Å². The maximum atomic E-state index is 10.2. The number of aromatic hydroxyl groups is 1. The summed E-state index contributed by atoms with van der Waals surface area (Å²) in [6, 6.07) is 17.0. The molecular weight excluding hydrogens is 264 g/mol. The van der Waals surface area contributed by atoms with Gasteiger partial charge in [0.25, 0.3) is 0 Å². The van der Waals surface area contributed by atoms with E-state index in [9.17, 15) is 5.11 Å². The highest BCUT2D eigenvalue weighted by atomic mass is 16.3. The molecule has 0 amide bonds. The first-order valence-corrected chi connectivity index (χ1v) is 6.55. The number of rotatable bonds is 3. The van der Waals surface area contributed by atoms with Crippen LogP contribution in [-0.2, 0) is 0 Å². The summed E-state index contributed by atoms with van der Waals surface area (Å²) < 4.78 is 1.43. The van der Waals surface area contributed by atoms with Gasteiger partial charge >= 0.3 is 0 Å². The van der Waals surface area contributed by atoms with Crippen LogP contribution in [0.3, 0.4) is 0 Å². The molecule has 5 heteroatoms. The number of aryl methyl sites for hydroxylation is 1. The summed E-state index contributed by atoms with van der Waals surface area (Å²) in [5.74, 6) is -0.0291. The summed E-state index contributed by atoms with van der Waals surface area (Å²) in [5.41, 5.74) is 2.98. The third kappa shape index (κ3) is 2.81. The van der Waals surface area contributed by atoms with Crippen molar-refractivity contribution in [3.8, 4) is 11.6 Å². The van der Waals surface area contributed by atoms with Crippen LogP contribution >= 0.6 is 0 Å². The third-order valence-electron chi connectivity index (χ3n) is 3.03. The molecule has 0 aliphatic rings. The Labute approximate surface area is 122 Å². The molecule has 0 saturated heterocycles. The second kappa shape index (κ2) is 5.58. The Bertz CT molecular complexity index is 761. The Kier molecular flexibility index (Phi) is 3.47. The van der Waals surface area contributed by atoms with Gasteiger partial charge in [0, 0.05) is 0 Å². The Morgan fingerprint density at radius 3 is 2.38 bits per heavy atom. The van der Waals surface area contributed by atoms with E-state index in [-0.39, 0.29) is 5.88 Å². The minimum atomic E-state index is -0.0291. The SMILES string of the molecule is Cc1ccc(-n2ncc(N=Nc3ccccc3)c2O)cc1. The highest BCUT2D eigenvalue weighted by molar-refractivity contribution is 5.50. The van der Waals surface area contributed by atoms with Crippen molar-refractivity contribution in [1.82, 2.24) is 9.78 Å². The first kappa shape index (κ1) is 13.1. The number of benzene rings is 2. The quantitative estimate of drug-likeness (QED) is 0.726. The first-order chi connectivity index (χ1) is 10.2. The Morgan fingerprint density at radius 1 is 0.952 bits per heavy atom. The van der Waals surface area contributed by atoms with Gasteiger partial charge in [0.05, 0.1) is 17.6 Å². The van der Waals surface area contributed by atoms with E-state index in [1.54, 1.807) is 0 Å². The van der Waals surface area contributed by atoms with Crippen LogP contribution in [0.15, 0.2) is 71.0 Å². The molecule has 5 nitrogen and oxygen atoms in total. The Balaban J connectivity index is 1.89. The van der Waals surface area contributed by atoms with Crippen LogP contribution in [0.2, 0.25) is 0 Å². The van der Waals surface area contributed by atoms with Crippen molar-refractivity contribution in [3.63, 3.8) is 0 Å². The summed E-state index contributed by atoms with van der Waals surface area (Å²) in [5, 5.41) is 22.4. The van der Waals surface area contributed by atoms with Gasteiger partial charge in [0.2, 0.25) is 5.88 Å². The van der Waals surface area contributed by atoms with Crippen molar-refractivity contribution in [3.05, 3.63) is 66.4 Å². The van der Waals surface area contributed by atoms with Crippen LogP contribution in [0.4, 0.5) is 11.4 Å². The van der Waals surface area contributed by atoms with Crippen LogP contribution < -0.4 is 0 Å². The molecule has 3 rings (SSSR count). The highest BCUT2D eigenvalue weighted by Gasteiger charge is 2.10. The molecule has 0 fully saturated rings. The maximum absolute atomic E-state index is 10.2. The van der Waals surface area contributed by atoms with E-state index in [0.717, 1.165) is 16.9 Å². The predicted octanol–water partition coefficient (Wildman–Crippen LogP) is 4.30. The van der Waals surface area contributed by atoms with Gasteiger partial charge in [-0.25, -0.2) is 0 Å². The molecule has 104 valence electrons. The van der Waals surface area contributed by atoms with Crippen molar-refractivity contribution in [2.45, 2.75) is 6.92 Å². The molecule has 3 aromatic rings. The normalized spacial score (nSPS) is 11.1. The lowest BCUT2D eigenvalue weighted by Gasteiger charge is -2.03. The molecule has 0 spiro atoms. The summed E-state index contributed by atoms with van der Waals surface area (Å²) in [4.78, 5) is 0. The fourth-order valence-corrected chi connectivity index (χ4v) is 1.89. The smallest absolute Gasteiger partial charge is 0.242 e. The molecule has 0 bridgehead atoms. The third-order valence-corrected chi connectivity index (χ3v) is 3.03. The maximum Gasteiger partial charge on any atom is 0.242 e. The van der Waals surface area contributed by atoms with Crippen molar-refractivity contribution < 1.29 is 5.11 Å². The molecule has 1 N–H and O–H groups in total. The van der Waals surface area contributed by atoms with E-state index < -0.39 is 0 Å². The molecule has 0 saturated carbocycles. The fourth-order valence-electron chi connectivity index (χ4n) is 1.89. The van der Waals surface area contributed by atoms with Gasteiger partial charge in [-0.05, 0) is 31.2 Å². The van der Waals surface area contributed by atoms with Crippen LogP contribution in [0.25, 0.3) is 5.69 Å². The highest BCUT2D eigenvalue weighted by Crippen LogP contribution is 2.29. The van der Waals surface area contributed by atoms with Crippen molar-refractivity contribution in [2.24, 2.45) is 10.2 Å². The molecule has 0 unspecified atom stereocenters. The lowest BCUT2D eigenvalue weighted by atomic mass is 10.2. The standard InChI is InChI=1S/C16H14N4O/c1-12-7-9-14(10-8-12)20-16(21)15(11-17-20)19-18-13-5-3-2-4-6-13/h2-11,21H,1H3. The number of hydrogen-bond donors (Lipinski definition) is 1. The van der Waals surface area contributed by atoms with Crippen LogP contribution in [-0.4, -0.2) is 14.9 Å². The van der Waals surface area contributed by atoms with Gasteiger partial charge < -0.3 is 5.11 Å². The Hall–Kier alpha value is -2.95. The zero-order valence-electron chi connectivity index (χ0n) is 11.5. The molecule has 21 heavy (non-hydrogen) atoms. The van der Waals surface area contributed by atoms with Gasteiger partial charge in [-0.15, -0.1) is 5.11 Å². The van der Waals surface area contributed by atoms with Gasteiger partial charge in [0.1, 0.15) is 0 Å². The zero-order valence-corrected chi connectivity index (χ0v) is 11.5. The summed E-state index contributed by atoms with van der Waals surface area (Å²) in [6.07, 6.45) is 1.49. The Morgan fingerprint density at radius 2 is 1.67 bits per heavy atom. The molecule has 0 radical (unpaired) electrons. The van der Waals surface area contributed by atoms with E-state index in [0.29, 0.717) is 5.69 Å². The van der Waals surface area contributed by atoms with Crippen LogP contribution in [0, 0.1) is 6.92 Å². The van der Waals surface area contributed by atoms with Crippen molar-refractivity contribution in [1.29, 1.82) is 0 Å². The van der Waals surface area contributed by atoms with Gasteiger partial charge in [0.15, 0.2) is 5.69 Å². The van der Waals surface area contributed by atoms with E-state index in [1.165, 1.54) is 10.9 Å². The number of aromatic nitrogens is 2. The van der Waals surface area contributed by atoms with Gasteiger partial charge in [-0.3, -0.25) is 0 Å². The van der Waals surface area contributed by atoms with Gasteiger partial charge in [-0.1, -0.05) is 35.9 Å². The topological polar surface area (TPSA) is 62.8 Å². The predicted molar refractivity (Wildman–Crippen MR) is 80.6 cm³/mol. The average Bonchev–Trinajstić information content (AvgIpc) is 2.88. The number of hydrogen-bond acceptors (Lipinski definition) is 4. The summed E-state index contributed by atoms with van der Waals surface area (Å²) in [6.45, 7) is 2.01. The van der Waals surface area contributed by atoms with E-state index in [1.807, 2.05) is 61.5 Å². The van der Waals surface area contributed by atoms with Crippen LogP contribution in [0.1, 0.15) is 5.56 Å². The van der Waals surface area contributed by atoms with Gasteiger partial charge in [-0.2, -0.15) is 14.9 Å². The number of azo groups is 1.